The molecule has 0 fully saturated rings. The molecule has 176 valence electrons. The summed E-state index contributed by atoms with van der Waals surface area (Å²) in [5.74, 6) is 1.19. The van der Waals surface area contributed by atoms with Crippen LogP contribution in [0.2, 0.25) is 0 Å². The standard InChI is InChI=1S/C26H28N4O4/c1-4-34-25(32)19-8-11-23-21(15-19)29-26(27-14-13-18-6-9-20(33-3)10-7-18)30(23)16-22-24(31)12-5-17(2)28-22/h5-12,15,31H,4,13-14,16H2,1-3H3,(H,27,29). The topological polar surface area (TPSA) is 98.5 Å². The van der Waals surface area contributed by atoms with Gasteiger partial charge in [-0.2, -0.15) is 0 Å². The summed E-state index contributed by atoms with van der Waals surface area (Å²) in [6, 6.07) is 16.6. The van der Waals surface area contributed by atoms with Crippen molar-refractivity contribution in [1.82, 2.24) is 14.5 Å². The first-order chi connectivity index (χ1) is 16.5. The summed E-state index contributed by atoms with van der Waals surface area (Å²) in [5.41, 5.74) is 4.45. The van der Waals surface area contributed by atoms with E-state index in [4.69, 9.17) is 14.5 Å². The summed E-state index contributed by atoms with van der Waals surface area (Å²) < 4.78 is 12.3. The number of esters is 1. The lowest BCUT2D eigenvalue weighted by molar-refractivity contribution is 0.0526. The van der Waals surface area contributed by atoms with Gasteiger partial charge in [0.1, 0.15) is 17.2 Å². The number of nitrogens with one attached hydrogen (secondary N) is 1. The van der Waals surface area contributed by atoms with Crippen LogP contribution in [0, 0.1) is 6.92 Å². The fraction of sp³-hybridized carbons (Fsp3) is 0.269. The van der Waals surface area contributed by atoms with Crippen molar-refractivity contribution in [2.45, 2.75) is 26.8 Å². The molecule has 2 aromatic carbocycles. The molecule has 2 N–H and O–H groups in total. The first-order valence-corrected chi connectivity index (χ1v) is 11.2. The van der Waals surface area contributed by atoms with Crippen LogP contribution in [-0.4, -0.2) is 45.9 Å². The molecule has 0 atom stereocenters. The molecule has 0 aliphatic rings. The fourth-order valence-electron chi connectivity index (χ4n) is 3.75. The van der Waals surface area contributed by atoms with Crippen LogP contribution in [0.15, 0.2) is 54.6 Å². The van der Waals surface area contributed by atoms with Crippen LogP contribution in [0.4, 0.5) is 5.95 Å². The maximum absolute atomic E-state index is 12.2. The van der Waals surface area contributed by atoms with E-state index in [2.05, 4.69) is 10.3 Å². The molecule has 0 radical (unpaired) electrons. The lowest BCUT2D eigenvalue weighted by Crippen LogP contribution is -2.12. The summed E-state index contributed by atoms with van der Waals surface area (Å²) in [5, 5.41) is 13.8. The number of hydrogen-bond donors (Lipinski definition) is 2. The number of carbonyl (C=O) groups excluding carboxylic acids is 1. The summed E-state index contributed by atoms with van der Waals surface area (Å²) in [6.07, 6.45) is 0.787. The fourth-order valence-corrected chi connectivity index (χ4v) is 3.75. The van der Waals surface area contributed by atoms with Gasteiger partial charge in [-0.15, -0.1) is 0 Å². The van der Waals surface area contributed by atoms with E-state index in [1.165, 1.54) is 5.56 Å². The third-order valence-electron chi connectivity index (χ3n) is 5.51. The Kier molecular flexibility index (Phi) is 6.96. The number of fused-ring (bicyclic) bond motifs is 1. The number of carbonyl (C=O) groups is 1. The highest BCUT2D eigenvalue weighted by Gasteiger charge is 2.16. The van der Waals surface area contributed by atoms with E-state index >= 15 is 0 Å². The molecule has 8 heteroatoms. The van der Waals surface area contributed by atoms with Crippen LogP contribution in [-0.2, 0) is 17.7 Å². The monoisotopic (exact) mass is 460 g/mol. The third-order valence-corrected chi connectivity index (χ3v) is 5.51. The number of ether oxygens (including phenoxy) is 2. The molecule has 0 amide bonds. The number of aromatic hydroxyl groups is 1. The van der Waals surface area contributed by atoms with Gasteiger partial charge in [-0.25, -0.2) is 9.78 Å². The molecule has 8 nitrogen and oxygen atoms in total. The van der Waals surface area contributed by atoms with Crippen molar-refractivity contribution in [3.05, 3.63) is 77.1 Å². The van der Waals surface area contributed by atoms with Gasteiger partial charge in [-0.1, -0.05) is 12.1 Å². The molecular formula is C26H28N4O4. The highest BCUT2D eigenvalue weighted by atomic mass is 16.5. The zero-order chi connectivity index (χ0) is 24.1. The van der Waals surface area contributed by atoms with E-state index in [9.17, 15) is 9.90 Å². The maximum Gasteiger partial charge on any atom is 0.338 e. The Hall–Kier alpha value is -4.07. The first kappa shape index (κ1) is 23.1. The molecule has 34 heavy (non-hydrogen) atoms. The van der Waals surface area contributed by atoms with Crippen molar-refractivity contribution in [1.29, 1.82) is 0 Å². The van der Waals surface area contributed by atoms with Crippen molar-refractivity contribution in [3.8, 4) is 11.5 Å². The zero-order valence-corrected chi connectivity index (χ0v) is 19.5. The van der Waals surface area contributed by atoms with Crippen LogP contribution >= 0.6 is 0 Å². The number of aryl methyl sites for hydroxylation is 1. The average Bonchev–Trinajstić information content (AvgIpc) is 3.18. The molecule has 0 saturated carbocycles. The Morgan fingerprint density at radius 1 is 1.09 bits per heavy atom. The number of pyridine rings is 1. The van der Waals surface area contributed by atoms with Gasteiger partial charge in [0, 0.05) is 12.2 Å². The van der Waals surface area contributed by atoms with Crippen LogP contribution < -0.4 is 10.1 Å². The summed E-state index contributed by atoms with van der Waals surface area (Å²) in [4.78, 5) is 21.4. The van der Waals surface area contributed by atoms with E-state index in [0.717, 1.165) is 23.4 Å². The van der Waals surface area contributed by atoms with Gasteiger partial charge < -0.3 is 24.5 Å². The number of imidazole rings is 1. The van der Waals surface area contributed by atoms with Crippen molar-refractivity contribution < 1.29 is 19.4 Å². The molecule has 4 aromatic rings. The summed E-state index contributed by atoms with van der Waals surface area (Å²) >= 11 is 0. The second-order valence-electron chi connectivity index (χ2n) is 7.89. The minimum atomic E-state index is -0.383. The lowest BCUT2D eigenvalue weighted by atomic mass is 10.1. The van der Waals surface area contributed by atoms with E-state index in [-0.39, 0.29) is 11.7 Å². The van der Waals surface area contributed by atoms with Crippen LogP contribution in [0.3, 0.4) is 0 Å². The summed E-state index contributed by atoms with van der Waals surface area (Å²) in [6.45, 7) is 4.94. The highest BCUT2D eigenvalue weighted by Crippen LogP contribution is 2.25. The predicted octanol–water partition coefficient (Wildman–Crippen LogP) is 4.33. The Labute approximate surface area is 198 Å². The second-order valence-corrected chi connectivity index (χ2v) is 7.89. The predicted molar refractivity (Wildman–Crippen MR) is 131 cm³/mol. The van der Waals surface area contributed by atoms with E-state index in [1.807, 2.05) is 41.8 Å². The van der Waals surface area contributed by atoms with Gasteiger partial charge in [0.05, 0.1) is 36.9 Å². The van der Waals surface area contributed by atoms with Gasteiger partial charge >= 0.3 is 5.97 Å². The molecule has 0 aliphatic heterocycles. The molecule has 4 rings (SSSR count). The number of rotatable bonds is 9. The molecule has 0 unspecified atom stereocenters. The number of anilines is 1. The minimum Gasteiger partial charge on any atom is -0.506 e. The number of methoxy groups -OCH3 is 1. The maximum atomic E-state index is 12.2. The third kappa shape index (κ3) is 5.11. The Morgan fingerprint density at radius 2 is 1.88 bits per heavy atom. The smallest absolute Gasteiger partial charge is 0.338 e. The van der Waals surface area contributed by atoms with E-state index in [0.29, 0.717) is 42.4 Å². The van der Waals surface area contributed by atoms with Crippen molar-refractivity contribution in [3.63, 3.8) is 0 Å². The number of nitrogens with zero attached hydrogens (tertiary/aromatic N) is 3. The molecular weight excluding hydrogens is 432 g/mol. The zero-order valence-electron chi connectivity index (χ0n) is 19.5. The Morgan fingerprint density at radius 3 is 2.62 bits per heavy atom. The molecule has 0 saturated heterocycles. The Bertz CT molecular complexity index is 1300. The molecule has 0 spiro atoms. The second kappa shape index (κ2) is 10.2. The average molecular weight is 461 g/mol. The van der Waals surface area contributed by atoms with Gasteiger partial charge in [0.25, 0.3) is 0 Å². The SMILES string of the molecule is CCOC(=O)c1ccc2c(c1)nc(NCCc1ccc(OC)cc1)n2Cc1nc(C)ccc1O. The quantitative estimate of drug-likeness (QED) is 0.359. The van der Waals surface area contributed by atoms with Gasteiger partial charge in [-0.05, 0) is 68.3 Å². The largest absolute Gasteiger partial charge is 0.506 e. The van der Waals surface area contributed by atoms with E-state index in [1.54, 1.807) is 38.3 Å². The number of benzene rings is 2. The summed E-state index contributed by atoms with van der Waals surface area (Å²) in [7, 11) is 1.65. The van der Waals surface area contributed by atoms with Gasteiger partial charge in [-0.3, -0.25) is 4.98 Å². The molecule has 0 aliphatic carbocycles. The molecule has 0 bridgehead atoms. The van der Waals surface area contributed by atoms with Crippen molar-refractivity contribution in [2.75, 3.05) is 25.6 Å². The lowest BCUT2D eigenvalue weighted by Gasteiger charge is -2.12. The Balaban J connectivity index is 1.63. The number of hydrogen-bond acceptors (Lipinski definition) is 7. The van der Waals surface area contributed by atoms with Crippen molar-refractivity contribution >= 4 is 23.0 Å². The molecule has 2 aromatic heterocycles. The minimum absolute atomic E-state index is 0.125. The van der Waals surface area contributed by atoms with Gasteiger partial charge in [0.2, 0.25) is 5.95 Å². The number of aromatic nitrogens is 3. The van der Waals surface area contributed by atoms with Crippen LogP contribution in [0.25, 0.3) is 11.0 Å². The first-order valence-electron chi connectivity index (χ1n) is 11.2. The van der Waals surface area contributed by atoms with Crippen LogP contribution in [0.1, 0.15) is 34.2 Å². The van der Waals surface area contributed by atoms with Crippen LogP contribution in [0.5, 0.6) is 11.5 Å². The highest BCUT2D eigenvalue weighted by molar-refractivity contribution is 5.94. The van der Waals surface area contributed by atoms with Crippen molar-refractivity contribution in [2.24, 2.45) is 0 Å². The van der Waals surface area contributed by atoms with Gasteiger partial charge in [0.15, 0.2) is 0 Å². The normalized spacial score (nSPS) is 10.9. The molecule has 2 heterocycles. The van der Waals surface area contributed by atoms with E-state index < -0.39 is 0 Å².